The molecule has 5 nitrogen and oxygen atoms in total. The Morgan fingerprint density at radius 3 is 2.12 bits per heavy atom. The normalized spacial score (nSPS) is 14.9. The average molecular weight is 287 g/mol. The van der Waals surface area contributed by atoms with E-state index in [1.165, 1.54) is 0 Å². The second kappa shape index (κ2) is 7.89. The smallest absolute Gasteiger partial charge is 0.237 e. The van der Waals surface area contributed by atoms with Crippen molar-refractivity contribution >= 4 is 28.2 Å². The Hall–Kier alpha value is -0.330. The zero-order valence-electron chi connectivity index (χ0n) is 10.8. The molecule has 0 aromatic rings. The highest BCUT2D eigenvalue weighted by Crippen LogP contribution is 2.03. The maximum atomic E-state index is 11.5. The third-order valence-corrected chi connectivity index (χ3v) is 3.11. The van der Waals surface area contributed by atoms with Crippen LogP contribution in [-0.2, 0) is 14.6 Å². The average Bonchev–Trinajstić information content (AvgIpc) is 1.98. The zero-order valence-corrected chi connectivity index (χ0v) is 12.4. The number of nitrogens with two attached hydrogens (primary N) is 1. The van der Waals surface area contributed by atoms with E-state index in [-0.39, 0.29) is 24.1 Å². The molecule has 0 aliphatic rings. The third-order valence-electron chi connectivity index (χ3n) is 2.00. The molecule has 3 N–H and O–H groups in total. The van der Waals surface area contributed by atoms with E-state index in [9.17, 15) is 13.2 Å². The molecule has 1 amide bonds. The largest absolute Gasteiger partial charge is 0.351 e. The molecule has 0 bridgehead atoms. The fraction of sp³-hybridized carbons (Fsp3) is 0.900. The van der Waals surface area contributed by atoms with Crippen LogP contribution in [0.25, 0.3) is 0 Å². The van der Waals surface area contributed by atoms with Crippen molar-refractivity contribution in [1.29, 1.82) is 0 Å². The highest BCUT2D eigenvalue weighted by molar-refractivity contribution is 7.90. The first-order valence-electron chi connectivity index (χ1n) is 5.35. The van der Waals surface area contributed by atoms with Crippen molar-refractivity contribution in [3.05, 3.63) is 0 Å². The molecule has 2 atom stereocenters. The molecule has 0 spiro atoms. The molecule has 17 heavy (non-hydrogen) atoms. The summed E-state index contributed by atoms with van der Waals surface area (Å²) in [5.41, 5.74) is 5.67. The van der Waals surface area contributed by atoms with Gasteiger partial charge in [0.1, 0.15) is 9.84 Å². The molecule has 7 heteroatoms. The summed E-state index contributed by atoms with van der Waals surface area (Å²) in [6, 6.07) is -0.970. The maximum Gasteiger partial charge on any atom is 0.237 e. The minimum absolute atomic E-state index is 0. The molecule has 0 aromatic carbocycles. The van der Waals surface area contributed by atoms with Crippen LogP contribution in [0.15, 0.2) is 0 Å². The Morgan fingerprint density at radius 1 is 1.29 bits per heavy atom. The van der Waals surface area contributed by atoms with Crippen LogP contribution >= 0.6 is 12.4 Å². The first-order chi connectivity index (χ1) is 7.11. The van der Waals surface area contributed by atoms with Crippen LogP contribution in [0.4, 0.5) is 0 Å². The van der Waals surface area contributed by atoms with Gasteiger partial charge in [0.25, 0.3) is 0 Å². The van der Waals surface area contributed by atoms with Gasteiger partial charge in [-0.3, -0.25) is 4.79 Å². The van der Waals surface area contributed by atoms with Crippen LogP contribution < -0.4 is 11.1 Å². The summed E-state index contributed by atoms with van der Waals surface area (Å²) >= 11 is 0. The molecular formula is C10H23ClN2O3S. The molecule has 104 valence electrons. The van der Waals surface area contributed by atoms with Gasteiger partial charge in [-0.05, 0) is 19.3 Å². The van der Waals surface area contributed by atoms with Crippen molar-refractivity contribution in [1.82, 2.24) is 5.32 Å². The number of sulfone groups is 1. The molecular weight excluding hydrogens is 264 g/mol. The van der Waals surface area contributed by atoms with Crippen molar-refractivity contribution in [3.63, 3.8) is 0 Å². The molecule has 0 saturated carbocycles. The summed E-state index contributed by atoms with van der Waals surface area (Å²) in [5, 5.41) is 2.60. The van der Waals surface area contributed by atoms with Crippen LogP contribution in [0.3, 0.4) is 0 Å². The summed E-state index contributed by atoms with van der Waals surface area (Å²) < 4.78 is 22.0. The quantitative estimate of drug-likeness (QED) is 0.736. The van der Waals surface area contributed by atoms with Crippen LogP contribution in [0.5, 0.6) is 0 Å². The van der Waals surface area contributed by atoms with Gasteiger partial charge >= 0.3 is 0 Å². The van der Waals surface area contributed by atoms with Gasteiger partial charge in [-0.2, -0.15) is 0 Å². The number of nitrogens with one attached hydrogen (secondary N) is 1. The summed E-state index contributed by atoms with van der Waals surface area (Å²) in [6.07, 6.45) is 1.74. The van der Waals surface area contributed by atoms with Gasteiger partial charge in [-0.15, -0.1) is 12.4 Å². The number of carbonyl (C=O) groups is 1. The van der Waals surface area contributed by atoms with Crippen molar-refractivity contribution < 1.29 is 13.2 Å². The summed E-state index contributed by atoms with van der Waals surface area (Å²) in [5.74, 6) is -0.0107. The summed E-state index contributed by atoms with van der Waals surface area (Å²) in [7, 11) is -3.07. The SMILES string of the molecule is CC(C)C[C@H](N)C(=O)NC(C)CS(C)(=O)=O.Cl. The monoisotopic (exact) mass is 286 g/mol. The number of hydrogen-bond acceptors (Lipinski definition) is 4. The van der Waals surface area contributed by atoms with E-state index in [1.807, 2.05) is 13.8 Å². The lowest BCUT2D eigenvalue weighted by Gasteiger charge is -2.18. The van der Waals surface area contributed by atoms with Gasteiger partial charge in [0, 0.05) is 12.3 Å². The van der Waals surface area contributed by atoms with Crippen molar-refractivity contribution in [3.8, 4) is 0 Å². The Kier molecular flexibility index (Phi) is 8.83. The predicted octanol–water partition coefficient (Wildman–Crippen LogP) is 0.331. The van der Waals surface area contributed by atoms with E-state index in [1.54, 1.807) is 6.92 Å². The predicted molar refractivity (Wildman–Crippen MR) is 72.0 cm³/mol. The molecule has 0 heterocycles. The van der Waals surface area contributed by atoms with Gasteiger partial charge < -0.3 is 11.1 Å². The number of rotatable bonds is 6. The van der Waals surface area contributed by atoms with Gasteiger partial charge in [-0.1, -0.05) is 13.8 Å². The first kappa shape index (κ1) is 19.0. The summed E-state index contributed by atoms with van der Waals surface area (Å²) in [6.45, 7) is 5.61. The highest BCUT2D eigenvalue weighted by atomic mass is 35.5. The summed E-state index contributed by atoms with van der Waals surface area (Å²) in [4.78, 5) is 11.5. The molecule has 0 rings (SSSR count). The zero-order chi connectivity index (χ0) is 12.9. The first-order valence-corrected chi connectivity index (χ1v) is 7.41. The highest BCUT2D eigenvalue weighted by Gasteiger charge is 2.18. The lowest BCUT2D eigenvalue weighted by atomic mass is 10.0. The second-order valence-corrected chi connectivity index (χ2v) is 6.92. The fourth-order valence-corrected chi connectivity index (χ4v) is 2.45. The van der Waals surface area contributed by atoms with E-state index in [4.69, 9.17) is 5.73 Å². The van der Waals surface area contributed by atoms with Gasteiger partial charge in [0.15, 0.2) is 0 Å². The van der Waals surface area contributed by atoms with Crippen LogP contribution in [0.1, 0.15) is 27.2 Å². The van der Waals surface area contributed by atoms with Gasteiger partial charge in [-0.25, -0.2) is 8.42 Å². The van der Waals surface area contributed by atoms with Crippen LogP contribution in [0.2, 0.25) is 0 Å². The second-order valence-electron chi connectivity index (χ2n) is 4.74. The molecule has 0 radical (unpaired) electrons. The van der Waals surface area contributed by atoms with E-state index >= 15 is 0 Å². The molecule has 0 fully saturated rings. The third kappa shape index (κ3) is 10.5. The Labute approximate surface area is 110 Å². The molecule has 0 aromatic heterocycles. The molecule has 1 unspecified atom stereocenters. The van der Waals surface area contributed by atoms with Crippen molar-refractivity contribution in [2.24, 2.45) is 11.7 Å². The molecule has 0 aliphatic heterocycles. The number of hydrogen-bond donors (Lipinski definition) is 2. The number of amides is 1. The van der Waals surface area contributed by atoms with E-state index in [0.717, 1.165) is 6.26 Å². The topological polar surface area (TPSA) is 89.3 Å². The minimum atomic E-state index is -3.07. The molecule has 0 aliphatic carbocycles. The van der Waals surface area contributed by atoms with Gasteiger partial charge in [0.2, 0.25) is 5.91 Å². The maximum absolute atomic E-state index is 11.5. The van der Waals surface area contributed by atoms with E-state index in [2.05, 4.69) is 5.32 Å². The number of halogens is 1. The van der Waals surface area contributed by atoms with Crippen molar-refractivity contribution in [2.45, 2.75) is 39.3 Å². The Morgan fingerprint density at radius 2 is 1.76 bits per heavy atom. The fourth-order valence-electron chi connectivity index (χ4n) is 1.46. The lowest BCUT2D eigenvalue weighted by Crippen LogP contribution is -2.46. The van der Waals surface area contributed by atoms with E-state index in [0.29, 0.717) is 12.3 Å². The van der Waals surface area contributed by atoms with Crippen LogP contribution in [-0.4, -0.2) is 38.4 Å². The minimum Gasteiger partial charge on any atom is -0.351 e. The van der Waals surface area contributed by atoms with Crippen LogP contribution in [0, 0.1) is 5.92 Å². The lowest BCUT2D eigenvalue weighted by molar-refractivity contribution is -0.123. The van der Waals surface area contributed by atoms with E-state index < -0.39 is 21.9 Å². The molecule has 0 saturated heterocycles. The Balaban J connectivity index is 0. The number of carbonyl (C=O) groups excluding carboxylic acids is 1. The van der Waals surface area contributed by atoms with Crippen molar-refractivity contribution in [2.75, 3.05) is 12.0 Å². The van der Waals surface area contributed by atoms with Gasteiger partial charge in [0.05, 0.1) is 11.8 Å². The Bertz CT molecular complexity index is 330. The standard InChI is InChI=1S/C10H22N2O3S.ClH/c1-7(2)5-9(11)10(13)12-8(3)6-16(4,14)15;/h7-9H,5-6,11H2,1-4H3,(H,12,13);1H/t8?,9-;/m0./s1.